The fourth-order valence-electron chi connectivity index (χ4n) is 2.51. The van der Waals surface area contributed by atoms with Crippen LogP contribution < -0.4 is 5.32 Å². The molecule has 1 saturated heterocycles. The van der Waals surface area contributed by atoms with Gasteiger partial charge in [0.2, 0.25) is 5.95 Å². The summed E-state index contributed by atoms with van der Waals surface area (Å²) >= 11 is 0. The number of aromatic carboxylic acids is 1. The van der Waals surface area contributed by atoms with E-state index in [1.165, 1.54) is 18.9 Å². The summed E-state index contributed by atoms with van der Waals surface area (Å²) in [6, 6.07) is 1.96. The van der Waals surface area contributed by atoms with Gasteiger partial charge in [0.05, 0.1) is 0 Å². The van der Waals surface area contributed by atoms with Gasteiger partial charge in [-0.1, -0.05) is 6.92 Å². The Morgan fingerprint density at radius 1 is 1.58 bits per heavy atom. The monoisotopic (exact) mass is 264 g/mol. The van der Waals surface area contributed by atoms with Crippen LogP contribution in [0, 0.1) is 6.92 Å². The molecule has 6 heteroatoms. The maximum Gasteiger partial charge on any atom is 0.354 e. The molecule has 0 bridgehead atoms. The van der Waals surface area contributed by atoms with E-state index in [9.17, 15) is 4.79 Å². The molecule has 1 aliphatic heterocycles. The molecular formula is C13H20N4O2. The zero-order chi connectivity index (χ0) is 13.8. The second-order valence-electron chi connectivity index (χ2n) is 4.83. The van der Waals surface area contributed by atoms with Gasteiger partial charge in [-0.3, -0.25) is 4.90 Å². The van der Waals surface area contributed by atoms with Crippen molar-refractivity contribution in [3.63, 3.8) is 0 Å². The third-order valence-electron chi connectivity index (χ3n) is 3.47. The van der Waals surface area contributed by atoms with Crippen LogP contribution in [0.2, 0.25) is 0 Å². The van der Waals surface area contributed by atoms with Gasteiger partial charge in [0.25, 0.3) is 0 Å². The van der Waals surface area contributed by atoms with Gasteiger partial charge in [0, 0.05) is 18.3 Å². The van der Waals surface area contributed by atoms with Crippen LogP contribution in [-0.2, 0) is 0 Å². The van der Waals surface area contributed by atoms with Gasteiger partial charge in [0.1, 0.15) is 0 Å². The molecule has 1 fully saturated rings. The van der Waals surface area contributed by atoms with E-state index in [0.717, 1.165) is 19.6 Å². The number of aryl methyl sites for hydroxylation is 1. The van der Waals surface area contributed by atoms with E-state index in [2.05, 4.69) is 27.1 Å². The number of aromatic nitrogens is 2. The minimum absolute atomic E-state index is 0.0359. The molecular weight excluding hydrogens is 244 g/mol. The minimum Gasteiger partial charge on any atom is -0.477 e. The Morgan fingerprint density at radius 3 is 3.05 bits per heavy atom. The standard InChI is InChI=1S/C13H20N4O2/c1-3-17-6-4-5-10(17)8-14-13-15-9(2)7-11(16-13)12(18)19/h7,10H,3-6,8H2,1-2H3,(H,18,19)(H,14,15,16). The SMILES string of the molecule is CCN1CCCC1CNc1nc(C)cc(C(=O)O)n1. The molecule has 0 aliphatic carbocycles. The highest BCUT2D eigenvalue weighted by atomic mass is 16.4. The number of hydrogen-bond donors (Lipinski definition) is 2. The van der Waals surface area contributed by atoms with E-state index in [4.69, 9.17) is 5.11 Å². The molecule has 1 aliphatic rings. The second-order valence-corrected chi connectivity index (χ2v) is 4.83. The zero-order valence-electron chi connectivity index (χ0n) is 11.4. The molecule has 0 radical (unpaired) electrons. The Kier molecular flexibility index (Phi) is 4.31. The van der Waals surface area contributed by atoms with Crippen LogP contribution in [0.4, 0.5) is 5.95 Å². The van der Waals surface area contributed by atoms with Crippen LogP contribution in [0.3, 0.4) is 0 Å². The lowest BCUT2D eigenvalue weighted by Gasteiger charge is -2.22. The van der Waals surface area contributed by atoms with Gasteiger partial charge in [-0.2, -0.15) is 0 Å². The molecule has 104 valence electrons. The molecule has 1 unspecified atom stereocenters. The Bertz CT molecular complexity index is 464. The van der Waals surface area contributed by atoms with E-state index in [1.54, 1.807) is 6.92 Å². The summed E-state index contributed by atoms with van der Waals surface area (Å²) in [5.41, 5.74) is 0.697. The molecule has 6 nitrogen and oxygen atoms in total. The van der Waals surface area contributed by atoms with Crippen LogP contribution >= 0.6 is 0 Å². The number of hydrogen-bond acceptors (Lipinski definition) is 5. The predicted molar refractivity (Wildman–Crippen MR) is 72.5 cm³/mol. The number of anilines is 1. The molecule has 0 spiro atoms. The summed E-state index contributed by atoms with van der Waals surface area (Å²) in [7, 11) is 0. The van der Waals surface area contributed by atoms with E-state index in [0.29, 0.717) is 17.7 Å². The third kappa shape index (κ3) is 3.41. The molecule has 2 N–H and O–H groups in total. The predicted octanol–water partition coefficient (Wildman–Crippen LogP) is 1.38. The van der Waals surface area contributed by atoms with Crippen LogP contribution in [0.15, 0.2) is 6.07 Å². The van der Waals surface area contributed by atoms with Crippen molar-refractivity contribution in [3.05, 3.63) is 17.5 Å². The number of likely N-dealkylation sites (tertiary alicyclic amines) is 1. The number of carboxylic acid groups (broad SMARTS) is 1. The van der Waals surface area contributed by atoms with Crippen LogP contribution in [0.1, 0.15) is 35.9 Å². The topological polar surface area (TPSA) is 78.4 Å². The molecule has 2 heterocycles. The Morgan fingerprint density at radius 2 is 2.37 bits per heavy atom. The lowest BCUT2D eigenvalue weighted by molar-refractivity contribution is 0.0690. The molecule has 1 atom stereocenters. The average molecular weight is 264 g/mol. The van der Waals surface area contributed by atoms with Gasteiger partial charge < -0.3 is 10.4 Å². The van der Waals surface area contributed by atoms with Crippen LogP contribution in [-0.4, -0.2) is 51.6 Å². The van der Waals surface area contributed by atoms with Crippen molar-refractivity contribution in [3.8, 4) is 0 Å². The quantitative estimate of drug-likeness (QED) is 0.836. The van der Waals surface area contributed by atoms with Gasteiger partial charge in [0.15, 0.2) is 5.69 Å². The summed E-state index contributed by atoms with van der Waals surface area (Å²) in [5.74, 6) is -0.620. The van der Waals surface area contributed by atoms with Gasteiger partial charge in [-0.05, 0) is 38.9 Å². The summed E-state index contributed by atoms with van der Waals surface area (Å²) in [6.45, 7) is 6.87. The van der Waals surface area contributed by atoms with Crippen molar-refractivity contribution >= 4 is 11.9 Å². The average Bonchev–Trinajstić information content (AvgIpc) is 2.83. The molecule has 19 heavy (non-hydrogen) atoms. The summed E-state index contributed by atoms with van der Waals surface area (Å²) in [4.78, 5) is 21.6. The lowest BCUT2D eigenvalue weighted by Crippen LogP contribution is -2.35. The number of carboxylic acids is 1. The molecule has 0 amide bonds. The number of nitrogens with zero attached hydrogens (tertiary/aromatic N) is 3. The zero-order valence-corrected chi connectivity index (χ0v) is 11.4. The maximum absolute atomic E-state index is 10.9. The van der Waals surface area contributed by atoms with Crippen molar-refractivity contribution in [1.29, 1.82) is 0 Å². The van der Waals surface area contributed by atoms with Crippen LogP contribution in [0.25, 0.3) is 0 Å². The first-order valence-corrected chi connectivity index (χ1v) is 6.67. The first-order valence-electron chi connectivity index (χ1n) is 6.67. The molecule has 0 saturated carbocycles. The fraction of sp³-hybridized carbons (Fsp3) is 0.615. The van der Waals surface area contributed by atoms with Crippen molar-refractivity contribution in [2.45, 2.75) is 32.7 Å². The van der Waals surface area contributed by atoms with Gasteiger partial charge in [-0.15, -0.1) is 0 Å². The highest BCUT2D eigenvalue weighted by Crippen LogP contribution is 2.16. The fourth-order valence-corrected chi connectivity index (χ4v) is 2.51. The molecule has 0 aromatic carbocycles. The number of nitrogens with one attached hydrogen (secondary N) is 1. The Balaban J connectivity index is 2.01. The molecule has 1 aromatic heterocycles. The highest BCUT2D eigenvalue weighted by Gasteiger charge is 2.22. The normalized spacial score (nSPS) is 19.6. The van der Waals surface area contributed by atoms with E-state index < -0.39 is 5.97 Å². The van der Waals surface area contributed by atoms with Crippen molar-refractivity contribution in [2.75, 3.05) is 25.0 Å². The Hall–Kier alpha value is -1.69. The van der Waals surface area contributed by atoms with Crippen molar-refractivity contribution in [2.24, 2.45) is 0 Å². The number of rotatable bonds is 5. The highest BCUT2D eigenvalue weighted by molar-refractivity contribution is 5.85. The number of carbonyl (C=O) groups is 1. The van der Waals surface area contributed by atoms with Crippen LogP contribution in [0.5, 0.6) is 0 Å². The largest absolute Gasteiger partial charge is 0.477 e. The first-order chi connectivity index (χ1) is 9.10. The minimum atomic E-state index is -1.02. The van der Waals surface area contributed by atoms with E-state index >= 15 is 0 Å². The van der Waals surface area contributed by atoms with Crippen molar-refractivity contribution < 1.29 is 9.90 Å². The van der Waals surface area contributed by atoms with E-state index in [-0.39, 0.29) is 5.69 Å². The third-order valence-corrected chi connectivity index (χ3v) is 3.47. The maximum atomic E-state index is 10.9. The molecule has 2 rings (SSSR count). The first kappa shape index (κ1) is 13.7. The van der Waals surface area contributed by atoms with Gasteiger partial charge in [-0.25, -0.2) is 14.8 Å². The Labute approximate surface area is 112 Å². The van der Waals surface area contributed by atoms with Gasteiger partial charge >= 0.3 is 5.97 Å². The number of likely N-dealkylation sites (N-methyl/N-ethyl adjacent to an activating group) is 1. The summed E-state index contributed by atoms with van der Waals surface area (Å²) in [6.07, 6.45) is 2.38. The summed E-state index contributed by atoms with van der Waals surface area (Å²) in [5, 5.41) is 12.1. The smallest absolute Gasteiger partial charge is 0.354 e. The van der Waals surface area contributed by atoms with Crippen molar-refractivity contribution in [1.82, 2.24) is 14.9 Å². The molecule has 1 aromatic rings. The van der Waals surface area contributed by atoms with E-state index in [1.807, 2.05) is 0 Å². The summed E-state index contributed by atoms with van der Waals surface area (Å²) < 4.78 is 0. The lowest BCUT2D eigenvalue weighted by atomic mass is 10.2. The second kappa shape index (κ2) is 5.97.